The van der Waals surface area contributed by atoms with Crippen molar-refractivity contribution in [2.24, 2.45) is 0 Å². The maximum atomic E-state index is 13.5. The van der Waals surface area contributed by atoms with E-state index < -0.39 is 17.4 Å². The number of fused-ring (bicyclic) bond motifs is 2. The standard InChI is InChI=1S/C39H55N9O5/c1-8-26(9-2)36-46-45-34-17-14-27(25-48(34)36)53-31-16-15-30(28-12-10-11-13-29(28)31)41-38(50)44-33-24-32(39(3,4)5)42-35(43-33)37(49)40-18-19-47(20-22-51-6)21-23-52-7/h10-14,17,24-26,30-31H,8-9,15-16,18-23H2,1-7H3,(H,40,49)(H2,41,42,43,44,50)/t30-,31+/m0/s1. The van der Waals surface area contributed by atoms with E-state index >= 15 is 0 Å². The molecule has 3 N–H and O–H groups in total. The van der Waals surface area contributed by atoms with Gasteiger partial charge >= 0.3 is 6.03 Å². The maximum Gasteiger partial charge on any atom is 0.320 e. The number of carbonyl (C=O) groups is 2. The van der Waals surface area contributed by atoms with E-state index in [1.807, 2.05) is 61.7 Å². The first-order valence-corrected chi connectivity index (χ1v) is 18.6. The highest BCUT2D eigenvalue weighted by molar-refractivity contribution is 5.92. The van der Waals surface area contributed by atoms with Crippen LogP contribution in [0.1, 0.15) is 112 Å². The Hall–Kier alpha value is -4.66. The van der Waals surface area contributed by atoms with Crippen LogP contribution in [0.4, 0.5) is 10.6 Å². The summed E-state index contributed by atoms with van der Waals surface area (Å²) in [7, 11) is 3.32. The Bertz CT molecular complexity index is 1810. The highest BCUT2D eigenvalue weighted by atomic mass is 16.5. The van der Waals surface area contributed by atoms with Crippen LogP contribution in [-0.4, -0.2) is 95.0 Å². The van der Waals surface area contributed by atoms with Crippen molar-refractivity contribution in [3.05, 3.63) is 77.1 Å². The molecule has 0 radical (unpaired) electrons. The molecule has 5 rings (SSSR count). The van der Waals surface area contributed by atoms with Gasteiger partial charge in [-0.05, 0) is 48.9 Å². The molecule has 0 saturated carbocycles. The van der Waals surface area contributed by atoms with Crippen molar-refractivity contribution in [2.45, 2.75) is 83.8 Å². The first-order valence-electron chi connectivity index (χ1n) is 18.6. The second-order valence-corrected chi connectivity index (χ2v) is 14.4. The Morgan fingerprint density at radius 2 is 1.66 bits per heavy atom. The average molecular weight is 730 g/mol. The summed E-state index contributed by atoms with van der Waals surface area (Å²) in [6.45, 7) is 13.9. The lowest BCUT2D eigenvalue weighted by atomic mass is 9.85. The number of nitrogens with one attached hydrogen (secondary N) is 3. The van der Waals surface area contributed by atoms with E-state index in [-0.39, 0.29) is 23.8 Å². The van der Waals surface area contributed by atoms with Gasteiger partial charge in [0, 0.05) is 57.8 Å². The second-order valence-electron chi connectivity index (χ2n) is 14.4. The number of methoxy groups -OCH3 is 2. The van der Waals surface area contributed by atoms with Gasteiger partial charge in [0.05, 0.1) is 31.1 Å². The summed E-state index contributed by atoms with van der Waals surface area (Å²) < 4.78 is 19.1. The molecular formula is C39H55N9O5. The van der Waals surface area contributed by atoms with E-state index in [2.05, 4.69) is 60.9 Å². The number of hydrogen-bond donors (Lipinski definition) is 3. The summed E-state index contributed by atoms with van der Waals surface area (Å²) in [5.74, 6) is 1.82. The molecule has 14 heteroatoms. The third-order valence-corrected chi connectivity index (χ3v) is 9.65. The topological polar surface area (TPSA) is 157 Å². The molecule has 0 fully saturated rings. The molecule has 14 nitrogen and oxygen atoms in total. The maximum absolute atomic E-state index is 13.5. The molecule has 0 spiro atoms. The largest absolute Gasteiger partial charge is 0.484 e. The number of carbonyl (C=O) groups excluding carboxylic acids is 2. The molecule has 1 aliphatic rings. The normalized spacial score (nSPS) is 15.8. The van der Waals surface area contributed by atoms with Gasteiger partial charge in [-0.3, -0.25) is 19.4 Å². The van der Waals surface area contributed by atoms with Crippen LogP contribution in [-0.2, 0) is 14.9 Å². The van der Waals surface area contributed by atoms with Gasteiger partial charge in [0.2, 0.25) is 5.82 Å². The van der Waals surface area contributed by atoms with Gasteiger partial charge in [-0.2, -0.15) is 0 Å². The monoisotopic (exact) mass is 729 g/mol. The van der Waals surface area contributed by atoms with Crippen LogP contribution < -0.4 is 20.7 Å². The molecule has 2 atom stereocenters. The summed E-state index contributed by atoms with van der Waals surface area (Å²) in [4.78, 5) is 37.9. The third-order valence-electron chi connectivity index (χ3n) is 9.65. The van der Waals surface area contributed by atoms with E-state index in [0.717, 1.165) is 41.2 Å². The van der Waals surface area contributed by atoms with Gasteiger partial charge in [-0.15, -0.1) is 10.2 Å². The number of rotatable bonds is 17. The van der Waals surface area contributed by atoms with Gasteiger partial charge in [0.25, 0.3) is 5.91 Å². The summed E-state index contributed by atoms with van der Waals surface area (Å²) >= 11 is 0. The van der Waals surface area contributed by atoms with Gasteiger partial charge in [-0.25, -0.2) is 14.8 Å². The van der Waals surface area contributed by atoms with Crippen molar-refractivity contribution in [3.8, 4) is 5.75 Å². The molecule has 0 saturated heterocycles. The minimum absolute atomic E-state index is 0.00671. The van der Waals surface area contributed by atoms with Crippen molar-refractivity contribution in [1.29, 1.82) is 0 Å². The molecule has 0 bridgehead atoms. The molecule has 1 aliphatic carbocycles. The molecule has 53 heavy (non-hydrogen) atoms. The summed E-state index contributed by atoms with van der Waals surface area (Å²) in [5, 5.41) is 17.8. The van der Waals surface area contributed by atoms with Crippen LogP contribution in [0.15, 0.2) is 48.7 Å². The smallest absolute Gasteiger partial charge is 0.320 e. The number of benzene rings is 1. The number of amides is 3. The lowest BCUT2D eigenvalue weighted by Gasteiger charge is -2.32. The molecule has 3 amide bonds. The molecule has 3 aromatic heterocycles. The fraction of sp³-hybridized carbons (Fsp3) is 0.538. The molecular weight excluding hydrogens is 674 g/mol. The Morgan fingerprint density at radius 3 is 2.34 bits per heavy atom. The van der Waals surface area contributed by atoms with Gasteiger partial charge in [0.15, 0.2) is 5.65 Å². The minimum Gasteiger partial charge on any atom is -0.484 e. The fourth-order valence-corrected chi connectivity index (χ4v) is 6.57. The number of urea groups is 1. The zero-order valence-corrected chi connectivity index (χ0v) is 32.1. The van der Waals surface area contributed by atoms with Crippen molar-refractivity contribution >= 4 is 23.4 Å². The molecule has 286 valence electrons. The molecule has 0 unspecified atom stereocenters. The van der Waals surface area contributed by atoms with Crippen molar-refractivity contribution in [2.75, 3.05) is 58.9 Å². The third kappa shape index (κ3) is 10.3. The molecule has 0 aliphatic heterocycles. The SMILES string of the molecule is CCC(CC)c1nnc2ccc(O[C@@H]3CC[C@H](NC(=O)Nc4cc(C(C)(C)C)nc(C(=O)NCCN(CCOC)CCOC)n4)c4ccccc43)cn12. The summed E-state index contributed by atoms with van der Waals surface area (Å²) in [6.07, 6.45) is 5.11. The highest BCUT2D eigenvalue weighted by Crippen LogP contribution is 2.39. The van der Waals surface area contributed by atoms with Crippen molar-refractivity contribution < 1.29 is 23.8 Å². The van der Waals surface area contributed by atoms with Crippen molar-refractivity contribution in [1.82, 2.24) is 40.1 Å². The second kappa shape index (κ2) is 18.4. The number of anilines is 1. The minimum atomic E-state index is -0.423. The lowest BCUT2D eigenvalue weighted by molar-refractivity contribution is 0.0921. The summed E-state index contributed by atoms with van der Waals surface area (Å²) in [6, 6.07) is 13.0. The Morgan fingerprint density at radius 1 is 0.943 bits per heavy atom. The van der Waals surface area contributed by atoms with Crippen LogP contribution in [0.25, 0.3) is 5.65 Å². The molecule has 3 heterocycles. The lowest BCUT2D eigenvalue weighted by Crippen LogP contribution is -2.39. The predicted octanol–water partition coefficient (Wildman–Crippen LogP) is 5.82. The van der Waals surface area contributed by atoms with Gasteiger partial charge in [-0.1, -0.05) is 58.9 Å². The van der Waals surface area contributed by atoms with Gasteiger partial charge < -0.3 is 24.8 Å². The fourth-order valence-electron chi connectivity index (χ4n) is 6.57. The Kier molecular flexibility index (Phi) is 13.7. The Labute approximate surface area is 312 Å². The summed E-state index contributed by atoms with van der Waals surface area (Å²) in [5.41, 5.74) is 3.04. The zero-order valence-electron chi connectivity index (χ0n) is 32.1. The van der Waals surface area contributed by atoms with Crippen molar-refractivity contribution in [3.63, 3.8) is 0 Å². The van der Waals surface area contributed by atoms with Crippen LogP contribution >= 0.6 is 0 Å². The van der Waals surface area contributed by atoms with Crippen LogP contribution in [0.3, 0.4) is 0 Å². The highest BCUT2D eigenvalue weighted by Gasteiger charge is 2.30. The zero-order chi connectivity index (χ0) is 38.0. The van der Waals surface area contributed by atoms with Crippen LogP contribution in [0.2, 0.25) is 0 Å². The van der Waals surface area contributed by atoms with E-state index in [4.69, 9.17) is 14.2 Å². The van der Waals surface area contributed by atoms with E-state index in [9.17, 15) is 9.59 Å². The van der Waals surface area contributed by atoms with E-state index in [1.54, 1.807) is 20.3 Å². The number of pyridine rings is 1. The molecule has 4 aromatic rings. The van der Waals surface area contributed by atoms with Crippen LogP contribution in [0.5, 0.6) is 5.75 Å². The number of hydrogen-bond acceptors (Lipinski definition) is 10. The van der Waals surface area contributed by atoms with E-state index in [0.29, 0.717) is 63.8 Å². The average Bonchev–Trinajstić information content (AvgIpc) is 3.56. The van der Waals surface area contributed by atoms with Crippen LogP contribution in [0, 0.1) is 0 Å². The molecule has 1 aromatic carbocycles. The number of aromatic nitrogens is 5. The number of ether oxygens (including phenoxy) is 3. The predicted molar refractivity (Wildman–Crippen MR) is 204 cm³/mol. The number of nitrogens with zero attached hydrogens (tertiary/aromatic N) is 6. The Balaban J connectivity index is 1.26. The van der Waals surface area contributed by atoms with E-state index in [1.165, 1.54) is 0 Å². The first-order chi connectivity index (χ1) is 25.5. The first kappa shape index (κ1) is 39.5. The van der Waals surface area contributed by atoms with Gasteiger partial charge in [0.1, 0.15) is 23.5 Å². The quantitative estimate of drug-likeness (QED) is 0.121.